The van der Waals surface area contributed by atoms with Gasteiger partial charge in [0.2, 0.25) is 0 Å². The summed E-state index contributed by atoms with van der Waals surface area (Å²) in [5.41, 5.74) is 0. The molecule has 0 aromatic rings. The first kappa shape index (κ1) is 15.5. The van der Waals surface area contributed by atoms with Gasteiger partial charge in [0.15, 0.2) is 0 Å². The maximum atomic E-state index is 6.01. The highest BCUT2D eigenvalue weighted by atomic mass is 79.9. The van der Waals surface area contributed by atoms with Crippen molar-refractivity contribution in [3.8, 4) is 0 Å². The highest BCUT2D eigenvalue weighted by Crippen LogP contribution is 2.21. The highest BCUT2D eigenvalue weighted by Gasteiger charge is 2.23. The molecule has 1 nitrogen and oxygen atoms in total. The van der Waals surface area contributed by atoms with Crippen LogP contribution in [0.1, 0.15) is 40.5 Å². The van der Waals surface area contributed by atoms with Crippen molar-refractivity contribution >= 4 is 27.5 Å². The van der Waals surface area contributed by atoms with Gasteiger partial charge in [-0.25, -0.2) is 0 Å². The fourth-order valence-electron chi connectivity index (χ4n) is 1.74. The lowest BCUT2D eigenvalue weighted by molar-refractivity contribution is -0.920. The molecule has 3 heteroatoms. The van der Waals surface area contributed by atoms with Gasteiger partial charge in [-0.3, -0.25) is 0 Å². The average molecular weight is 298 g/mol. The standard InChI is InChI=1S/C12H24BrClN/c1-5-8-9-15(6-2,7-3)10-12(13)11(4)14/h5-10H2,1-4H3/q+1/b12-11+. The molecule has 0 fully saturated rings. The van der Waals surface area contributed by atoms with Crippen molar-refractivity contribution in [2.45, 2.75) is 40.5 Å². The van der Waals surface area contributed by atoms with Crippen LogP contribution < -0.4 is 0 Å². The smallest absolute Gasteiger partial charge is 0.112 e. The van der Waals surface area contributed by atoms with E-state index in [2.05, 4.69) is 36.7 Å². The molecular formula is C12H24BrClN+. The predicted molar refractivity (Wildman–Crippen MR) is 73.5 cm³/mol. The van der Waals surface area contributed by atoms with Crippen LogP contribution in [0.5, 0.6) is 0 Å². The van der Waals surface area contributed by atoms with E-state index in [-0.39, 0.29) is 0 Å². The number of quaternary nitrogens is 1. The van der Waals surface area contributed by atoms with Crippen LogP contribution in [0, 0.1) is 0 Å². The van der Waals surface area contributed by atoms with E-state index in [1.54, 1.807) is 0 Å². The molecule has 0 aromatic heterocycles. The number of allylic oxidation sites excluding steroid dienone is 1. The van der Waals surface area contributed by atoms with E-state index >= 15 is 0 Å². The molecule has 0 aliphatic heterocycles. The Labute approximate surface area is 108 Å². The topological polar surface area (TPSA) is 0 Å². The molecule has 0 saturated carbocycles. The van der Waals surface area contributed by atoms with Gasteiger partial charge in [0, 0.05) is 5.03 Å². The Morgan fingerprint density at radius 2 is 1.73 bits per heavy atom. The minimum absolute atomic E-state index is 0.885. The molecule has 0 saturated heterocycles. The lowest BCUT2D eigenvalue weighted by Gasteiger charge is -2.37. The number of halogens is 2. The van der Waals surface area contributed by atoms with Crippen LogP contribution in [0.25, 0.3) is 0 Å². The molecule has 0 amide bonds. The second kappa shape index (κ2) is 7.70. The molecule has 0 aromatic carbocycles. The first-order valence-electron chi connectivity index (χ1n) is 5.87. The van der Waals surface area contributed by atoms with E-state index < -0.39 is 0 Å². The minimum Gasteiger partial charge on any atom is -0.320 e. The van der Waals surface area contributed by atoms with Gasteiger partial charge in [-0.2, -0.15) is 0 Å². The van der Waals surface area contributed by atoms with E-state index in [4.69, 9.17) is 11.6 Å². The van der Waals surface area contributed by atoms with Crippen molar-refractivity contribution < 1.29 is 4.48 Å². The van der Waals surface area contributed by atoms with Crippen molar-refractivity contribution in [3.63, 3.8) is 0 Å². The third-order valence-corrected chi connectivity index (χ3v) is 4.48. The molecule has 15 heavy (non-hydrogen) atoms. The highest BCUT2D eigenvalue weighted by molar-refractivity contribution is 9.11. The molecule has 0 spiro atoms. The predicted octanol–water partition coefficient (Wildman–Crippen LogP) is 4.51. The number of hydrogen-bond donors (Lipinski definition) is 0. The third kappa shape index (κ3) is 5.37. The maximum absolute atomic E-state index is 6.01. The molecule has 0 aliphatic carbocycles. The Balaban J connectivity index is 4.56. The number of unbranched alkanes of at least 4 members (excludes halogenated alkanes) is 1. The molecule has 0 heterocycles. The van der Waals surface area contributed by atoms with Crippen molar-refractivity contribution in [2.24, 2.45) is 0 Å². The summed E-state index contributed by atoms with van der Waals surface area (Å²) in [5, 5.41) is 0.885. The summed E-state index contributed by atoms with van der Waals surface area (Å²) in [6, 6.07) is 0. The second-order valence-electron chi connectivity index (χ2n) is 4.15. The molecule has 0 bridgehead atoms. The summed E-state index contributed by atoms with van der Waals surface area (Å²) in [7, 11) is 0. The zero-order chi connectivity index (χ0) is 11.9. The van der Waals surface area contributed by atoms with Gasteiger partial charge in [-0.1, -0.05) is 24.9 Å². The van der Waals surface area contributed by atoms with Crippen LogP contribution in [-0.2, 0) is 0 Å². The zero-order valence-electron chi connectivity index (χ0n) is 10.4. The van der Waals surface area contributed by atoms with Gasteiger partial charge < -0.3 is 4.48 Å². The molecule has 0 N–H and O–H groups in total. The summed E-state index contributed by atoms with van der Waals surface area (Å²) in [6.07, 6.45) is 2.56. The average Bonchev–Trinajstić information content (AvgIpc) is 2.24. The summed E-state index contributed by atoms with van der Waals surface area (Å²) < 4.78 is 2.29. The molecule has 0 radical (unpaired) electrons. The number of likely N-dealkylation sites (N-methyl/N-ethyl adjacent to an activating group) is 1. The first-order valence-corrected chi connectivity index (χ1v) is 7.04. The minimum atomic E-state index is 0.885. The summed E-state index contributed by atoms with van der Waals surface area (Å²) in [6.45, 7) is 13.4. The lowest BCUT2D eigenvalue weighted by atomic mass is 10.2. The zero-order valence-corrected chi connectivity index (χ0v) is 12.8. The molecule has 0 aliphatic rings. The van der Waals surface area contributed by atoms with Gasteiger partial charge in [0.05, 0.1) is 24.1 Å². The Bertz CT molecular complexity index is 206. The number of rotatable bonds is 7. The van der Waals surface area contributed by atoms with Crippen molar-refractivity contribution in [1.29, 1.82) is 0 Å². The molecule has 0 atom stereocenters. The maximum Gasteiger partial charge on any atom is 0.112 e. The van der Waals surface area contributed by atoms with E-state index in [0.29, 0.717) is 0 Å². The summed E-state index contributed by atoms with van der Waals surface area (Å²) >= 11 is 9.59. The van der Waals surface area contributed by atoms with E-state index in [1.807, 2.05) is 6.92 Å². The molecular weight excluding hydrogens is 273 g/mol. The Kier molecular flexibility index (Phi) is 7.94. The first-order chi connectivity index (χ1) is 7.01. The van der Waals surface area contributed by atoms with Crippen LogP contribution in [0.4, 0.5) is 0 Å². The largest absolute Gasteiger partial charge is 0.320 e. The fraction of sp³-hybridized carbons (Fsp3) is 0.833. The summed E-state index contributed by atoms with van der Waals surface area (Å²) in [5.74, 6) is 0. The van der Waals surface area contributed by atoms with Gasteiger partial charge in [0.25, 0.3) is 0 Å². The Morgan fingerprint density at radius 3 is 2.07 bits per heavy atom. The van der Waals surface area contributed by atoms with Crippen LogP contribution in [0.15, 0.2) is 9.51 Å². The van der Waals surface area contributed by atoms with Crippen molar-refractivity contribution in [3.05, 3.63) is 9.51 Å². The van der Waals surface area contributed by atoms with Crippen LogP contribution in [0.2, 0.25) is 0 Å². The van der Waals surface area contributed by atoms with Crippen LogP contribution in [0.3, 0.4) is 0 Å². The van der Waals surface area contributed by atoms with Crippen molar-refractivity contribution in [1.82, 2.24) is 0 Å². The Morgan fingerprint density at radius 1 is 1.20 bits per heavy atom. The van der Waals surface area contributed by atoms with Gasteiger partial charge in [0.1, 0.15) is 6.54 Å². The molecule has 0 unspecified atom stereocenters. The summed E-state index contributed by atoms with van der Waals surface area (Å²) in [4.78, 5) is 0. The third-order valence-electron chi connectivity index (χ3n) is 3.18. The van der Waals surface area contributed by atoms with Crippen LogP contribution in [-0.4, -0.2) is 30.7 Å². The van der Waals surface area contributed by atoms with E-state index in [0.717, 1.165) is 20.5 Å². The molecule has 0 rings (SSSR count). The quantitative estimate of drug-likeness (QED) is 0.607. The van der Waals surface area contributed by atoms with Crippen LogP contribution >= 0.6 is 27.5 Å². The fourth-order valence-corrected chi connectivity index (χ4v) is 2.33. The lowest BCUT2D eigenvalue weighted by Crippen LogP contribution is -2.49. The van der Waals surface area contributed by atoms with Crippen molar-refractivity contribution in [2.75, 3.05) is 26.2 Å². The van der Waals surface area contributed by atoms with E-state index in [9.17, 15) is 0 Å². The second-order valence-corrected chi connectivity index (χ2v) is 5.67. The number of hydrogen-bond acceptors (Lipinski definition) is 0. The normalized spacial score (nSPS) is 14.0. The SMILES string of the molecule is CCCC[N+](CC)(CC)C/C(Br)=C(/C)Cl. The number of nitrogens with zero attached hydrogens (tertiary/aromatic N) is 1. The van der Waals surface area contributed by atoms with Gasteiger partial charge in [-0.15, -0.1) is 0 Å². The molecule has 90 valence electrons. The van der Waals surface area contributed by atoms with Gasteiger partial charge in [-0.05, 0) is 43.1 Å². The monoisotopic (exact) mass is 296 g/mol. The van der Waals surface area contributed by atoms with Gasteiger partial charge >= 0.3 is 0 Å². The van der Waals surface area contributed by atoms with E-state index in [1.165, 1.54) is 32.5 Å². The Hall–Kier alpha value is 0.470.